The third-order valence-corrected chi connectivity index (χ3v) is 4.49. The minimum absolute atomic E-state index is 0.121. The molecule has 0 aromatic heterocycles. The fraction of sp³-hybridized carbons (Fsp3) is 0.235. The van der Waals surface area contributed by atoms with E-state index in [2.05, 4.69) is 5.32 Å². The fourth-order valence-electron chi connectivity index (χ4n) is 1.99. The molecule has 2 aromatic carbocycles. The summed E-state index contributed by atoms with van der Waals surface area (Å²) in [6, 6.07) is 13.8. The Bertz CT molecular complexity index is 782. The zero-order valence-corrected chi connectivity index (χ0v) is 13.9. The summed E-state index contributed by atoms with van der Waals surface area (Å²) in [6.45, 7) is 2.31. The van der Waals surface area contributed by atoms with Crippen molar-refractivity contribution in [3.8, 4) is 5.75 Å². The number of rotatable bonds is 6. The van der Waals surface area contributed by atoms with E-state index in [4.69, 9.17) is 4.74 Å². The predicted octanol–water partition coefficient (Wildman–Crippen LogP) is 2.09. The van der Waals surface area contributed by atoms with E-state index in [0.717, 1.165) is 17.4 Å². The molecular formula is C17H19NO4S. The Labute approximate surface area is 136 Å². The van der Waals surface area contributed by atoms with E-state index in [1.165, 1.54) is 24.3 Å². The van der Waals surface area contributed by atoms with Crippen LogP contribution in [0.2, 0.25) is 0 Å². The summed E-state index contributed by atoms with van der Waals surface area (Å²) in [5.41, 5.74) is 2.17. The van der Waals surface area contributed by atoms with Crippen LogP contribution in [0.5, 0.6) is 5.75 Å². The third kappa shape index (κ3) is 5.10. The lowest BCUT2D eigenvalue weighted by atomic mass is 10.1. The highest BCUT2D eigenvalue weighted by atomic mass is 32.2. The number of hydrogen-bond donors (Lipinski definition) is 1. The summed E-state index contributed by atoms with van der Waals surface area (Å²) < 4.78 is 28.1. The first-order valence-electron chi connectivity index (χ1n) is 7.10. The van der Waals surface area contributed by atoms with Gasteiger partial charge in [-0.1, -0.05) is 24.3 Å². The molecule has 0 aliphatic carbocycles. The summed E-state index contributed by atoms with van der Waals surface area (Å²) in [6.07, 6.45) is 1.14. The van der Waals surface area contributed by atoms with E-state index in [1.807, 2.05) is 31.2 Å². The molecule has 0 aliphatic heterocycles. The van der Waals surface area contributed by atoms with E-state index >= 15 is 0 Å². The number of ether oxygens (including phenoxy) is 1. The normalized spacial score (nSPS) is 11.0. The van der Waals surface area contributed by atoms with Crippen LogP contribution in [-0.2, 0) is 21.2 Å². The highest BCUT2D eigenvalue weighted by Crippen LogP contribution is 2.15. The van der Waals surface area contributed by atoms with Crippen molar-refractivity contribution in [1.29, 1.82) is 0 Å². The molecular weight excluding hydrogens is 314 g/mol. The van der Waals surface area contributed by atoms with Crippen molar-refractivity contribution in [2.24, 2.45) is 0 Å². The summed E-state index contributed by atoms with van der Waals surface area (Å²) in [5, 5.41) is 2.79. The van der Waals surface area contributed by atoms with Crippen LogP contribution in [0.1, 0.15) is 11.1 Å². The van der Waals surface area contributed by atoms with E-state index in [1.54, 1.807) is 0 Å². The molecule has 0 unspecified atom stereocenters. The van der Waals surface area contributed by atoms with Crippen LogP contribution in [0, 0.1) is 6.92 Å². The Hall–Kier alpha value is -2.34. The molecule has 0 bridgehead atoms. The van der Waals surface area contributed by atoms with Gasteiger partial charge in [-0.2, -0.15) is 0 Å². The Morgan fingerprint density at radius 3 is 2.35 bits per heavy atom. The molecule has 0 fully saturated rings. The van der Waals surface area contributed by atoms with Gasteiger partial charge in [0, 0.05) is 12.8 Å². The molecule has 2 aromatic rings. The van der Waals surface area contributed by atoms with Crippen LogP contribution < -0.4 is 10.1 Å². The second-order valence-corrected chi connectivity index (χ2v) is 7.25. The lowest BCUT2D eigenvalue weighted by molar-refractivity contribution is -0.123. The van der Waals surface area contributed by atoms with Crippen LogP contribution in [0.4, 0.5) is 0 Å². The standard InChI is InChI=1S/C17H19NO4S/c1-13-5-3-4-6-14(13)11-18-17(19)12-22-15-7-9-16(10-8-15)23(2,20)21/h3-10H,11-12H2,1-2H3,(H,18,19). The minimum Gasteiger partial charge on any atom is -0.484 e. The van der Waals surface area contributed by atoms with Gasteiger partial charge in [0.05, 0.1) is 4.90 Å². The van der Waals surface area contributed by atoms with Crippen LogP contribution in [0.15, 0.2) is 53.4 Å². The summed E-state index contributed by atoms with van der Waals surface area (Å²) in [4.78, 5) is 12.0. The molecule has 122 valence electrons. The maximum absolute atomic E-state index is 11.8. The highest BCUT2D eigenvalue weighted by Gasteiger charge is 2.08. The molecule has 5 nitrogen and oxygen atoms in total. The average Bonchev–Trinajstić information content (AvgIpc) is 2.51. The SMILES string of the molecule is Cc1ccccc1CNC(=O)COc1ccc(S(C)(=O)=O)cc1. The number of amides is 1. The first-order valence-corrected chi connectivity index (χ1v) is 8.99. The lowest BCUT2D eigenvalue weighted by Gasteiger charge is -2.09. The first kappa shape index (κ1) is 17.0. The van der Waals surface area contributed by atoms with Gasteiger partial charge in [-0.3, -0.25) is 4.79 Å². The predicted molar refractivity (Wildman–Crippen MR) is 88.1 cm³/mol. The number of aryl methyl sites for hydroxylation is 1. The molecule has 0 saturated heterocycles. The van der Waals surface area contributed by atoms with E-state index < -0.39 is 9.84 Å². The Morgan fingerprint density at radius 2 is 1.74 bits per heavy atom. The zero-order valence-electron chi connectivity index (χ0n) is 13.1. The van der Waals surface area contributed by atoms with Crippen LogP contribution in [0.25, 0.3) is 0 Å². The Balaban J connectivity index is 1.84. The van der Waals surface area contributed by atoms with Gasteiger partial charge >= 0.3 is 0 Å². The largest absolute Gasteiger partial charge is 0.484 e. The van der Waals surface area contributed by atoms with Crippen LogP contribution in [-0.4, -0.2) is 27.2 Å². The monoisotopic (exact) mass is 333 g/mol. The van der Waals surface area contributed by atoms with Crippen molar-refractivity contribution < 1.29 is 17.9 Å². The molecule has 6 heteroatoms. The van der Waals surface area contributed by atoms with Gasteiger partial charge in [0.1, 0.15) is 5.75 Å². The van der Waals surface area contributed by atoms with Crippen molar-refractivity contribution >= 4 is 15.7 Å². The highest BCUT2D eigenvalue weighted by molar-refractivity contribution is 7.90. The van der Waals surface area contributed by atoms with Crippen molar-refractivity contribution in [2.75, 3.05) is 12.9 Å². The van der Waals surface area contributed by atoms with Gasteiger partial charge < -0.3 is 10.1 Å². The number of carbonyl (C=O) groups is 1. The first-order chi connectivity index (χ1) is 10.9. The van der Waals surface area contributed by atoms with Gasteiger partial charge in [0.25, 0.3) is 5.91 Å². The third-order valence-electron chi connectivity index (χ3n) is 3.36. The second kappa shape index (κ2) is 7.28. The van der Waals surface area contributed by atoms with Crippen molar-refractivity contribution in [3.63, 3.8) is 0 Å². The molecule has 0 heterocycles. The molecule has 0 radical (unpaired) electrons. The number of carbonyl (C=O) groups excluding carboxylic acids is 1. The Kier molecular flexibility index (Phi) is 5.39. The quantitative estimate of drug-likeness (QED) is 0.878. The second-order valence-electron chi connectivity index (χ2n) is 5.24. The zero-order chi connectivity index (χ0) is 16.9. The van der Waals surface area contributed by atoms with Crippen molar-refractivity contribution in [1.82, 2.24) is 5.32 Å². The number of sulfone groups is 1. The van der Waals surface area contributed by atoms with Crippen LogP contribution in [0.3, 0.4) is 0 Å². The van der Waals surface area contributed by atoms with Crippen LogP contribution >= 0.6 is 0 Å². The van der Waals surface area contributed by atoms with Gasteiger partial charge in [-0.05, 0) is 42.3 Å². The molecule has 23 heavy (non-hydrogen) atoms. The molecule has 0 saturated carbocycles. The summed E-state index contributed by atoms with van der Waals surface area (Å²) in [7, 11) is -3.23. The van der Waals surface area contributed by atoms with Gasteiger partial charge in [0.2, 0.25) is 0 Å². The maximum atomic E-state index is 11.8. The molecule has 0 aliphatic rings. The Morgan fingerprint density at radius 1 is 1.09 bits per heavy atom. The lowest BCUT2D eigenvalue weighted by Crippen LogP contribution is -2.28. The van der Waals surface area contributed by atoms with E-state index in [0.29, 0.717) is 12.3 Å². The minimum atomic E-state index is -3.23. The van der Waals surface area contributed by atoms with E-state index in [-0.39, 0.29) is 17.4 Å². The molecule has 2 rings (SSSR count). The molecule has 0 spiro atoms. The number of nitrogens with one attached hydrogen (secondary N) is 1. The van der Waals surface area contributed by atoms with Gasteiger partial charge in [-0.15, -0.1) is 0 Å². The van der Waals surface area contributed by atoms with Gasteiger partial charge in [0.15, 0.2) is 16.4 Å². The van der Waals surface area contributed by atoms with Gasteiger partial charge in [-0.25, -0.2) is 8.42 Å². The summed E-state index contributed by atoms with van der Waals surface area (Å²) >= 11 is 0. The molecule has 1 amide bonds. The number of benzene rings is 2. The smallest absolute Gasteiger partial charge is 0.258 e. The van der Waals surface area contributed by atoms with Crippen molar-refractivity contribution in [3.05, 3.63) is 59.7 Å². The maximum Gasteiger partial charge on any atom is 0.258 e. The fourth-order valence-corrected chi connectivity index (χ4v) is 2.62. The van der Waals surface area contributed by atoms with Crippen molar-refractivity contribution in [2.45, 2.75) is 18.4 Å². The van der Waals surface area contributed by atoms with E-state index in [9.17, 15) is 13.2 Å². The number of hydrogen-bond acceptors (Lipinski definition) is 4. The summed E-state index contributed by atoms with van der Waals surface area (Å²) in [5.74, 6) is 0.212. The molecule has 0 atom stereocenters. The average molecular weight is 333 g/mol. The molecule has 1 N–H and O–H groups in total. The topological polar surface area (TPSA) is 72.5 Å².